The number of anilines is 1. The number of nitrogens with one attached hydrogen (secondary N) is 1. The van der Waals surface area contributed by atoms with Gasteiger partial charge in [0, 0.05) is 18.8 Å². The summed E-state index contributed by atoms with van der Waals surface area (Å²) >= 11 is 0. The number of aryl methyl sites for hydroxylation is 2. The van der Waals surface area contributed by atoms with Crippen LogP contribution < -0.4 is 10.1 Å². The van der Waals surface area contributed by atoms with E-state index >= 15 is 0 Å². The van der Waals surface area contributed by atoms with Gasteiger partial charge in [-0.05, 0) is 61.6 Å². The summed E-state index contributed by atoms with van der Waals surface area (Å²) in [5.74, 6) is 0.737. The molecule has 2 aliphatic rings. The van der Waals surface area contributed by atoms with Crippen LogP contribution in [0.1, 0.15) is 29.5 Å². The maximum absolute atomic E-state index is 12.6. The second kappa shape index (κ2) is 6.72. The van der Waals surface area contributed by atoms with E-state index in [1.807, 2.05) is 56.3 Å². The van der Waals surface area contributed by atoms with Crippen LogP contribution >= 0.6 is 0 Å². The molecule has 2 heterocycles. The second-order valence-electron chi connectivity index (χ2n) is 7.50. The molecule has 2 amide bonds. The van der Waals surface area contributed by atoms with Crippen molar-refractivity contribution in [2.45, 2.75) is 32.1 Å². The van der Waals surface area contributed by atoms with Crippen LogP contribution in [0.3, 0.4) is 0 Å². The molecule has 0 radical (unpaired) electrons. The van der Waals surface area contributed by atoms with Crippen LogP contribution in [0, 0.1) is 13.8 Å². The van der Waals surface area contributed by atoms with Crippen LogP contribution in [-0.2, 0) is 15.0 Å². The predicted molar refractivity (Wildman–Crippen MR) is 104 cm³/mol. The molecule has 1 N–H and O–H groups in total. The Morgan fingerprint density at radius 3 is 2.59 bits per heavy atom. The highest BCUT2D eigenvalue weighted by molar-refractivity contribution is 6.06. The molecule has 140 valence electrons. The fourth-order valence-electron chi connectivity index (χ4n) is 4.05. The van der Waals surface area contributed by atoms with Crippen LogP contribution in [0.25, 0.3) is 0 Å². The first-order chi connectivity index (χ1) is 13.0. The summed E-state index contributed by atoms with van der Waals surface area (Å²) in [6, 6.07) is 13.7. The summed E-state index contributed by atoms with van der Waals surface area (Å²) in [5, 5.41) is 2.99. The number of piperidine rings is 1. The second-order valence-corrected chi connectivity index (χ2v) is 7.50. The van der Waals surface area contributed by atoms with Gasteiger partial charge >= 0.3 is 0 Å². The number of hydrogen-bond donors (Lipinski definition) is 1. The molecule has 0 aromatic heterocycles. The Morgan fingerprint density at radius 2 is 1.85 bits per heavy atom. The van der Waals surface area contributed by atoms with Crippen LogP contribution in [-0.4, -0.2) is 36.4 Å². The van der Waals surface area contributed by atoms with Gasteiger partial charge in [-0.25, -0.2) is 0 Å². The minimum absolute atomic E-state index is 0.0261. The number of fused-ring (bicyclic) bond motifs is 2. The zero-order valence-corrected chi connectivity index (χ0v) is 15.7. The Kier molecular flexibility index (Phi) is 4.38. The maximum Gasteiger partial charge on any atom is 0.260 e. The van der Waals surface area contributed by atoms with Crippen molar-refractivity contribution in [3.63, 3.8) is 0 Å². The summed E-state index contributed by atoms with van der Waals surface area (Å²) in [4.78, 5) is 27.0. The fourth-order valence-corrected chi connectivity index (χ4v) is 4.05. The number of amides is 2. The average Bonchev–Trinajstić information content (AvgIpc) is 2.95. The normalized spacial score (nSPS) is 17.6. The van der Waals surface area contributed by atoms with E-state index in [2.05, 4.69) is 5.32 Å². The van der Waals surface area contributed by atoms with Gasteiger partial charge in [-0.15, -0.1) is 0 Å². The number of likely N-dealkylation sites (tertiary alicyclic amines) is 1. The molecule has 0 aliphatic carbocycles. The Bertz CT molecular complexity index is 898. The van der Waals surface area contributed by atoms with Crippen molar-refractivity contribution in [3.05, 3.63) is 59.2 Å². The maximum atomic E-state index is 12.6. The number of benzene rings is 2. The highest BCUT2D eigenvalue weighted by atomic mass is 16.5. The van der Waals surface area contributed by atoms with Crippen LogP contribution in [0.2, 0.25) is 0 Å². The van der Waals surface area contributed by atoms with Gasteiger partial charge < -0.3 is 15.0 Å². The SMILES string of the molecule is Cc1ccc(OCC(=O)N2CCC3(CC2)C(=O)Nc2ccccc23)cc1C. The third-order valence-corrected chi connectivity index (χ3v) is 5.94. The first kappa shape index (κ1) is 17.6. The number of nitrogens with zero attached hydrogens (tertiary/aromatic N) is 1. The quantitative estimate of drug-likeness (QED) is 0.910. The summed E-state index contributed by atoms with van der Waals surface area (Å²) in [6.45, 7) is 5.23. The van der Waals surface area contributed by atoms with Crippen LogP contribution in [0.5, 0.6) is 5.75 Å². The van der Waals surface area contributed by atoms with E-state index in [4.69, 9.17) is 4.74 Å². The molecule has 2 aromatic rings. The standard InChI is InChI=1S/C22H24N2O3/c1-15-7-8-17(13-16(15)2)27-14-20(25)24-11-9-22(10-12-24)18-5-3-4-6-19(18)23-21(22)26/h3-8,13H,9-12,14H2,1-2H3,(H,23,26). The van der Waals surface area contributed by atoms with Gasteiger partial charge in [0.25, 0.3) is 5.91 Å². The molecule has 4 rings (SSSR count). The van der Waals surface area contributed by atoms with E-state index in [-0.39, 0.29) is 18.4 Å². The van der Waals surface area contributed by atoms with Gasteiger partial charge in [-0.1, -0.05) is 24.3 Å². The molecular formula is C22H24N2O3. The number of carbonyl (C=O) groups excluding carboxylic acids is 2. The summed E-state index contributed by atoms with van der Waals surface area (Å²) in [5.41, 5.74) is 3.81. The highest BCUT2D eigenvalue weighted by Gasteiger charge is 2.48. The first-order valence-corrected chi connectivity index (χ1v) is 9.38. The minimum atomic E-state index is -0.498. The smallest absolute Gasteiger partial charge is 0.260 e. The molecule has 5 nitrogen and oxygen atoms in total. The van der Waals surface area contributed by atoms with Gasteiger partial charge in [-0.2, -0.15) is 0 Å². The van der Waals surface area contributed by atoms with Gasteiger partial charge in [0.15, 0.2) is 6.61 Å². The highest BCUT2D eigenvalue weighted by Crippen LogP contribution is 2.44. The van der Waals surface area contributed by atoms with E-state index in [1.54, 1.807) is 4.90 Å². The topological polar surface area (TPSA) is 58.6 Å². The molecule has 0 atom stereocenters. The van der Waals surface area contributed by atoms with Crippen molar-refractivity contribution in [2.24, 2.45) is 0 Å². The van der Waals surface area contributed by atoms with Crippen LogP contribution in [0.15, 0.2) is 42.5 Å². The minimum Gasteiger partial charge on any atom is -0.484 e. The zero-order valence-electron chi connectivity index (χ0n) is 15.7. The number of rotatable bonds is 3. The van der Waals surface area contributed by atoms with Gasteiger partial charge in [0.1, 0.15) is 5.75 Å². The van der Waals surface area contributed by atoms with Crippen molar-refractivity contribution >= 4 is 17.5 Å². The third kappa shape index (κ3) is 3.07. The summed E-state index contributed by atoms with van der Waals surface area (Å²) < 4.78 is 5.68. The monoisotopic (exact) mass is 364 g/mol. The third-order valence-electron chi connectivity index (χ3n) is 5.94. The lowest BCUT2D eigenvalue weighted by Crippen LogP contribution is -2.49. The lowest BCUT2D eigenvalue weighted by molar-refractivity contribution is -0.137. The lowest BCUT2D eigenvalue weighted by atomic mass is 9.73. The molecule has 5 heteroatoms. The number of hydrogen-bond acceptors (Lipinski definition) is 3. The molecule has 1 spiro atoms. The molecule has 2 aliphatic heterocycles. The molecule has 2 aromatic carbocycles. The molecule has 27 heavy (non-hydrogen) atoms. The molecular weight excluding hydrogens is 340 g/mol. The van der Waals surface area contributed by atoms with Crippen molar-refractivity contribution in [1.29, 1.82) is 0 Å². The van der Waals surface area contributed by atoms with Crippen molar-refractivity contribution < 1.29 is 14.3 Å². The largest absolute Gasteiger partial charge is 0.484 e. The predicted octanol–water partition coefficient (Wildman–Crippen LogP) is 3.19. The van der Waals surface area contributed by atoms with Crippen molar-refractivity contribution in [1.82, 2.24) is 4.90 Å². The van der Waals surface area contributed by atoms with Crippen molar-refractivity contribution in [3.8, 4) is 5.75 Å². The van der Waals surface area contributed by atoms with E-state index < -0.39 is 5.41 Å². The number of para-hydroxylation sites is 1. The average molecular weight is 364 g/mol. The van der Waals surface area contributed by atoms with Crippen LogP contribution in [0.4, 0.5) is 5.69 Å². The number of carbonyl (C=O) groups is 2. The molecule has 0 bridgehead atoms. The summed E-state index contributed by atoms with van der Waals surface area (Å²) in [7, 11) is 0. The van der Waals surface area contributed by atoms with E-state index in [0.717, 1.165) is 16.8 Å². The summed E-state index contributed by atoms with van der Waals surface area (Å²) in [6.07, 6.45) is 1.29. The van der Waals surface area contributed by atoms with Gasteiger partial charge in [0.05, 0.1) is 5.41 Å². The lowest BCUT2D eigenvalue weighted by Gasteiger charge is -2.37. The van der Waals surface area contributed by atoms with E-state index in [0.29, 0.717) is 31.7 Å². The first-order valence-electron chi connectivity index (χ1n) is 9.38. The van der Waals surface area contributed by atoms with E-state index in [9.17, 15) is 9.59 Å². The van der Waals surface area contributed by atoms with E-state index in [1.165, 1.54) is 5.56 Å². The molecule has 0 unspecified atom stereocenters. The fraction of sp³-hybridized carbons (Fsp3) is 0.364. The van der Waals surface area contributed by atoms with Crippen molar-refractivity contribution in [2.75, 3.05) is 25.0 Å². The zero-order chi connectivity index (χ0) is 19.0. The molecule has 0 saturated carbocycles. The Hall–Kier alpha value is -2.82. The number of ether oxygens (including phenoxy) is 1. The molecule has 1 fully saturated rings. The Labute approximate surface area is 159 Å². The molecule has 1 saturated heterocycles. The van der Waals surface area contributed by atoms with Gasteiger partial charge in [-0.3, -0.25) is 9.59 Å². The van der Waals surface area contributed by atoms with Gasteiger partial charge in [0.2, 0.25) is 5.91 Å². The Balaban J connectivity index is 1.38. The Morgan fingerprint density at radius 1 is 1.11 bits per heavy atom.